The minimum Gasteiger partial charge on any atom is -0.452 e. The Labute approximate surface area is 112 Å². The lowest BCUT2D eigenvalue weighted by Gasteiger charge is -2.05. The molecule has 2 rings (SSSR count). The highest BCUT2D eigenvalue weighted by Gasteiger charge is 2.02. The van der Waals surface area contributed by atoms with Gasteiger partial charge in [-0.3, -0.25) is 0 Å². The first kappa shape index (κ1) is 12.0. The number of hydrogen-bond donors (Lipinski definition) is 1. The molecule has 1 aromatic heterocycles. The van der Waals surface area contributed by atoms with Gasteiger partial charge >= 0.3 is 0 Å². The Hall–Kier alpha value is -1.44. The summed E-state index contributed by atoms with van der Waals surface area (Å²) in [6.07, 6.45) is 0. The van der Waals surface area contributed by atoms with E-state index in [0.29, 0.717) is 21.8 Å². The number of anilines is 1. The highest BCUT2D eigenvalue weighted by atomic mass is 79.9. The predicted octanol–water partition coefficient (Wildman–Crippen LogP) is 4.18. The second-order valence-electron chi connectivity index (χ2n) is 3.37. The third-order valence-corrected chi connectivity index (χ3v) is 2.92. The Morgan fingerprint density at radius 3 is 2.76 bits per heavy atom. The molecule has 2 aromatic rings. The summed E-state index contributed by atoms with van der Waals surface area (Å²) in [6.45, 7) is 0.563. The van der Waals surface area contributed by atoms with E-state index in [4.69, 9.17) is 21.3 Å². The smallest absolute Gasteiger partial charge is 0.169 e. The number of halogens is 2. The van der Waals surface area contributed by atoms with Crippen molar-refractivity contribution in [3.05, 3.63) is 51.3 Å². The molecule has 1 aromatic carbocycles. The van der Waals surface area contributed by atoms with Crippen LogP contribution in [0.4, 0.5) is 5.69 Å². The maximum atomic E-state index is 8.74. The maximum absolute atomic E-state index is 8.74. The summed E-state index contributed by atoms with van der Waals surface area (Å²) in [5.41, 5.74) is 1.32. The summed E-state index contributed by atoms with van der Waals surface area (Å²) in [5.74, 6) is 0.817. The third-order valence-electron chi connectivity index (χ3n) is 2.19. The molecule has 1 heterocycles. The molecule has 0 aliphatic heterocycles. The minimum atomic E-state index is 0.443. The van der Waals surface area contributed by atoms with Gasteiger partial charge in [0.2, 0.25) is 0 Å². The van der Waals surface area contributed by atoms with Gasteiger partial charge in [0.05, 0.1) is 17.1 Å². The van der Waals surface area contributed by atoms with Crippen molar-refractivity contribution in [2.75, 3.05) is 5.32 Å². The Morgan fingerprint density at radius 1 is 1.35 bits per heavy atom. The van der Waals surface area contributed by atoms with Crippen LogP contribution in [0.1, 0.15) is 11.3 Å². The lowest BCUT2D eigenvalue weighted by atomic mass is 10.2. The van der Waals surface area contributed by atoms with Gasteiger partial charge < -0.3 is 9.73 Å². The van der Waals surface area contributed by atoms with E-state index in [1.165, 1.54) is 0 Å². The molecule has 17 heavy (non-hydrogen) atoms. The first-order valence-electron chi connectivity index (χ1n) is 4.87. The standard InChI is InChI=1S/C12H8BrClN2O/c13-12-4-3-10(17-12)7-16-9-2-1-8(6-15)11(14)5-9/h1-5,16H,7H2. The molecule has 0 unspecified atom stereocenters. The van der Waals surface area contributed by atoms with Crippen LogP contribution in [-0.4, -0.2) is 0 Å². The first-order valence-corrected chi connectivity index (χ1v) is 6.04. The van der Waals surface area contributed by atoms with Crippen molar-refractivity contribution >= 4 is 33.2 Å². The topological polar surface area (TPSA) is 49.0 Å². The van der Waals surface area contributed by atoms with Gasteiger partial charge in [0, 0.05) is 5.69 Å². The molecule has 0 spiro atoms. The fourth-order valence-electron chi connectivity index (χ4n) is 1.35. The molecule has 0 saturated carbocycles. The Morgan fingerprint density at radius 2 is 2.18 bits per heavy atom. The number of hydrogen-bond acceptors (Lipinski definition) is 3. The molecular formula is C12H8BrClN2O. The van der Waals surface area contributed by atoms with Gasteiger partial charge in [-0.25, -0.2) is 0 Å². The normalized spacial score (nSPS) is 9.94. The number of furan rings is 1. The van der Waals surface area contributed by atoms with Gasteiger partial charge in [-0.2, -0.15) is 5.26 Å². The van der Waals surface area contributed by atoms with E-state index in [1.807, 2.05) is 24.3 Å². The van der Waals surface area contributed by atoms with Crippen molar-refractivity contribution in [2.24, 2.45) is 0 Å². The van der Waals surface area contributed by atoms with Crippen LogP contribution in [0.25, 0.3) is 0 Å². The zero-order chi connectivity index (χ0) is 12.3. The second kappa shape index (κ2) is 5.26. The van der Waals surface area contributed by atoms with Gasteiger partial charge in [0.25, 0.3) is 0 Å². The number of nitriles is 1. The summed E-state index contributed by atoms with van der Waals surface area (Å²) < 4.78 is 6.05. The number of nitrogens with zero attached hydrogens (tertiary/aromatic N) is 1. The van der Waals surface area contributed by atoms with E-state index >= 15 is 0 Å². The van der Waals surface area contributed by atoms with E-state index in [2.05, 4.69) is 21.2 Å². The third kappa shape index (κ3) is 3.02. The predicted molar refractivity (Wildman–Crippen MR) is 69.9 cm³/mol. The highest BCUT2D eigenvalue weighted by molar-refractivity contribution is 9.10. The lowest BCUT2D eigenvalue weighted by Crippen LogP contribution is -1.98. The lowest BCUT2D eigenvalue weighted by molar-refractivity contribution is 0.495. The van der Waals surface area contributed by atoms with Crippen LogP contribution in [0.5, 0.6) is 0 Å². The van der Waals surface area contributed by atoms with Gasteiger partial charge in [0.15, 0.2) is 4.67 Å². The SMILES string of the molecule is N#Cc1ccc(NCc2ccc(Br)o2)cc1Cl. The maximum Gasteiger partial charge on any atom is 0.169 e. The molecule has 0 saturated heterocycles. The van der Waals surface area contributed by atoms with E-state index in [0.717, 1.165) is 11.4 Å². The monoisotopic (exact) mass is 310 g/mol. The van der Waals surface area contributed by atoms with Crippen molar-refractivity contribution in [1.82, 2.24) is 0 Å². The summed E-state index contributed by atoms with van der Waals surface area (Å²) >= 11 is 9.16. The Balaban J connectivity index is 2.05. The summed E-state index contributed by atoms with van der Waals surface area (Å²) in [6, 6.07) is 10.9. The van der Waals surface area contributed by atoms with Crippen molar-refractivity contribution < 1.29 is 4.42 Å². The molecule has 0 fully saturated rings. The fourth-order valence-corrected chi connectivity index (χ4v) is 1.91. The molecule has 5 heteroatoms. The highest BCUT2D eigenvalue weighted by Crippen LogP contribution is 2.21. The van der Waals surface area contributed by atoms with Crippen LogP contribution < -0.4 is 5.32 Å². The van der Waals surface area contributed by atoms with Gasteiger partial charge in [0.1, 0.15) is 11.8 Å². The quantitative estimate of drug-likeness (QED) is 0.925. The molecule has 86 valence electrons. The zero-order valence-corrected chi connectivity index (χ0v) is 11.0. The van der Waals surface area contributed by atoms with Crippen LogP contribution >= 0.6 is 27.5 Å². The van der Waals surface area contributed by atoms with E-state index in [-0.39, 0.29) is 0 Å². The first-order chi connectivity index (χ1) is 8.19. The summed E-state index contributed by atoms with van der Waals surface area (Å²) in [7, 11) is 0. The Bertz CT molecular complexity index is 574. The van der Waals surface area contributed by atoms with Crippen molar-refractivity contribution in [2.45, 2.75) is 6.54 Å². The largest absolute Gasteiger partial charge is 0.452 e. The average molecular weight is 312 g/mol. The minimum absolute atomic E-state index is 0.443. The van der Waals surface area contributed by atoms with E-state index in [1.54, 1.807) is 12.1 Å². The molecular weight excluding hydrogens is 304 g/mol. The van der Waals surface area contributed by atoms with Crippen molar-refractivity contribution in [1.29, 1.82) is 5.26 Å². The molecule has 1 N–H and O–H groups in total. The van der Waals surface area contributed by atoms with E-state index < -0.39 is 0 Å². The summed E-state index contributed by atoms with van der Waals surface area (Å²) in [4.78, 5) is 0. The van der Waals surface area contributed by atoms with Crippen LogP contribution in [0.2, 0.25) is 5.02 Å². The van der Waals surface area contributed by atoms with Gasteiger partial charge in [-0.15, -0.1) is 0 Å². The molecule has 0 bridgehead atoms. The number of nitrogens with one attached hydrogen (secondary N) is 1. The molecule has 0 radical (unpaired) electrons. The molecule has 3 nitrogen and oxygen atoms in total. The van der Waals surface area contributed by atoms with Crippen LogP contribution in [0.15, 0.2) is 39.4 Å². The number of rotatable bonds is 3. The zero-order valence-electron chi connectivity index (χ0n) is 8.71. The Kier molecular flexibility index (Phi) is 3.72. The summed E-state index contributed by atoms with van der Waals surface area (Å²) in [5, 5.41) is 12.3. The van der Waals surface area contributed by atoms with E-state index in [9.17, 15) is 0 Å². The number of benzene rings is 1. The van der Waals surface area contributed by atoms with Crippen LogP contribution in [-0.2, 0) is 6.54 Å². The second-order valence-corrected chi connectivity index (χ2v) is 4.55. The van der Waals surface area contributed by atoms with Crippen molar-refractivity contribution in [3.8, 4) is 6.07 Å². The fraction of sp³-hybridized carbons (Fsp3) is 0.0833. The molecule has 0 amide bonds. The van der Waals surface area contributed by atoms with Crippen LogP contribution in [0, 0.1) is 11.3 Å². The molecule has 0 atom stereocenters. The molecule has 0 aliphatic rings. The molecule has 0 aliphatic carbocycles. The van der Waals surface area contributed by atoms with Crippen molar-refractivity contribution in [3.63, 3.8) is 0 Å². The van der Waals surface area contributed by atoms with Gasteiger partial charge in [-0.1, -0.05) is 11.6 Å². The van der Waals surface area contributed by atoms with Gasteiger partial charge in [-0.05, 0) is 46.3 Å². The average Bonchev–Trinajstić information content (AvgIpc) is 2.73. The van der Waals surface area contributed by atoms with Crippen LogP contribution in [0.3, 0.4) is 0 Å².